The molecular formula is C24H34N2O3. The number of piperidine rings is 1. The van der Waals surface area contributed by atoms with Gasteiger partial charge >= 0.3 is 0 Å². The minimum Gasteiger partial charge on any atom is -0.487 e. The van der Waals surface area contributed by atoms with Crippen LogP contribution >= 0.6 is 0 Å². The van der Waals surface area contributed by atoms with Crippen LogP contribution in [-0.4, -0.2) is 34.9 Å². The maximum atomic E-state index is 12.8. The molecule has 2 aliphatic heterocycles. The minimum atomic E-state index is -0.152. The molecule has 0 spiro atoms. The number of benzene rings is 1. The number of carbonyl (C=O) groups is 2. The molecule has 0 aromatic heterocycles. The molecule has 1 aromatic carbocycles. The number of rotatable bonds is 4. The standard InChI is InChI=1S/C24H34N2O3/c1-24(2)14-19-13-17(9-11-21(19)29-24)15-25-23(28)18-10-12-22(27)26(16-18)20-7-5-3-4-6-8-20/h9,11,13,18,20H,3-8,10,12,14-16H2,1-2H3,(H,25,28)/t18-/m0/s1. The van der Waals surface area contributed by atoms with Crippen LogP contribution in [0.5, 0.6) is 5.75 Å². The third-order valence-corrected chi connectivity index (χ3v) is 6.67. The quantitative estimate of drug-likeness (QED) is 0.781. The van der Waals surface area contributed by atoms with Gasteiger partial charge in [0.05, 0.1) is 5.92 Å². The van der Waals surface area contributed by atoms with Crippen molar-refractivity contribution in [1.29, 1.82) is 0 Å². The summed E-state index contributed by atoms with van der Waals surface area (Å²) in [5.74, 6) is 1.18. The molecule has 1 saturated heterocycles. The topological polar surface area (TPSA) is 58.6 Å². The minimum absolute atomic E-state index is 0.0770. The third-order valence-electron chi connectivity index (χ3n) is 6.67. The van der Waals surface area contributed by atoms with E-state index < -0.39 is 0 Å². The number of ether oxygens (including phenoxy) is 1. The fourth-order valence-electron chi connectivity index (χ4n) is 5.11. The average Bonchev–Trinajstić information content (AvgIpc) is 2.85. The number of fused-ring (bicyclic) bond motifs is 1. The SMILES string of the molecule is CC1(C)Cc2cc(CNC(=O)[C@H]3CCC(=O)N(C4CCCCCC4)C3)ccc2O1. The fraction of sp³-hybridized carbons (Fsp3) is 0.667. The van der Waals surface area contributed by atoms with Crippen LogP contribution < -0.4 is 10.1 Å². The maximum Gasteiger partial charge on any atom is 0.225 e. The first-order valence-electron chi connectivity index (χ1n) is 11.3. The lowest BCUT2D eigenvalue weighted by Crippen LogP contribution is -2.49. The van der Waals surface area contributed by atoms with Crippen molar-refractivity contribution in [1.82, 2.24) is 10.2 Å². The van der Waals surface area contributed by atoms with Crippen molar-refractivity contribution in [3.05, 3.63) is 29.3 Å². The molecule has 5 heteroatoms. The predicted octanol–water partition coefficient (Wildman–Crippen LogP) is 3.98. The lowest BCUT2D eigenvalue weighted by Gasteiger charge is -2.37. The zero-order valence-electron chi connectivity index (χ0n) is 17.8. The van der Waals surface area contributed by atoms with Gasteiger partial charge in [0, 0.05) is 32.0 Å². The highest BCUT2D eigenvalue weighted by molar-refractivity contribution is 5.84. The van der Waals surface area contributed by atoms with E-state index in [1.54, 1.807) is 0 Å². The highest BCUT2D eigenvalue weighted by atomic mass is 16.5. The van der Waals surface area contributed by atoms with Crippen LogP contribution in [-0.2, 0) is 22.6 Å². The molecule has 1 N–H and O–H groups in total. The summed E-state index contributed by atoms with van der Waals surface area (Å²) in [6, 6.07) is 6.52. The first-order chi connectivity index (χ1) is 13.9. The van der Waals surface area contributed by atoms with Gasteiger partial charge in [-0.05, 0) is 50.3 Å². The van der Waals surface area contributed by atoms with Gasteiger partial charge in [-0.15, -0.1) is 0 Å². The van der Waals surface area contributed by atoms with Crippen LogP contribution in [0, 0.1) is 5.92 Å². The van der Waals surface area contributed by atoms with Crippen molar-refractivity contribution in [2.24, 2.45) is 5.92 Å². The summed E-state index contributed by atoms with van der Waals surface area (Å²) in [5.41, 5.74) is 2.16. The number of nitrogens with zero attached hydrogens (tertiary/aromatic N) is 1. The Hall–Kier alpha value is -2.04. The van der Waals surface area contributed by atoms with Gasteiger partial charge in [-0.1, -0.05) is 37.8 Å². The van der Waals surface area contributed by atoms with Crippen molar-refractivity contribution in [2.45, 2.75) is 89.8 Å². The first kappa shape index (κ1) is 20.2. The van der Waals surface area contributed by atoms with Gasteiger partial charge in [0.2, 0.25) is 11.8 Å². The number of amides is 2. The molecule has 0 bridgehead atoms. The van der Waals surface area contributed by atoms with Crippen LogP contribution in [0.1, 0.15) is 76.3 Å². The molecule has 0 radical (unpaired) electrons. The molecule has 2 fully saturated rings. The van der Waals surface area contributed by atoms with E-state index >= 15 is 0 Å². The summed E-state index contributed by atoms with van der Waals surface area (Å²) >= 11 is 0. The van der Waals surface area contributed by atoms with E-state index in [1.807, 2.05) is 17.0 Å². The summed E-state index contributed by atoms with van der Waals surface area (Å²) < 4.78 is 5.93. The molecule has 1 aromatic rings. The van der Waals surface area contributed by atoms with Gasteiger partial charge in [0.25, 0.3) is 0 Å². The van der Waals surface area contributed by atoms with Gasteiger partial charge in [-0.25, -0.2) is 0 Å². The molecule has 5 nitrogen and oxygen atoms in total. The van der Waals surface area contributed by atoms with Crippen molar-refractivity contribution >= 4 is 11.8 Å². The second-order valence-electron chi connectivity index (χ2n) is 9.63. The van der Waals surface area contributed by atoms with Crippen LogP contribution in [0.25, 0.3) is 0 Å². The Labute approximate surface area is 174 Å². The number of nitrogens with one attached hydrogen (secondary N) is 1. The lowest BCUT2D eigenvalue weighted by molar-refractivity contribution is -0.141. The summed E-state index contributed by atoms with van der Waals surface area (Å²) in [6.45, 7) is 5.31. The van der Waals surface area contributed by atoms with Gasteiger partial charge < -0.3 is 15.0 Å². The third kappa shape index (κ3) is 4.76. The monoisotopic (exact) mass is 398 g/mol. The second kappa shape index (κ2) is 8.37. The Bertz CT molecular complexity index is 765. The molecule has 2 heterocycles. The lowest BCUT2D eigenvalue weighted by atomic mass is 9.93. The Balaban J connectivity index is 1.33. The van der Waals surface area contributed by atoms with Gasteiger partial charge in [0.1, 0.15) is 11.4 Å². The summed E-state index contributed by atoms with van der Waals surface area (Å²) in [5, 5.41) is 3.11. The van der Waals surface area contributed by atoms with Crippen molar-refractivity contribution in [3.8, 4) is 5.75 Å². The molecule has 1 saturated carbocycles. The molecule has 0 unspecified atom stereocenters. The first-order valence-corrected chi connectivity index (χ1v) is 11.3. The molecule has 29 heavy (non-hydrogen) atoms. The smallest absolute Gasteiger partial charge is 0.225 e. The van der Waals surface area contributed by atoms with Crippen LogP contribution in [0.3, 0.4) is 0 Å². The van der Waals surface area contributed by atoms with Gasteiger partial charge in [0.15, 0.2) is 0 Å². The number of carbonyl (C=O) groups excluding carboxylic acids is 2. The van der Waals surface area contributed by atoms with E-state index in [0.717, 1.165) is 30.6 Å². The van der Waals surface area contributed by atoms with Crippen molar-refractivity contribution in [3.63, 3.8) is 0 Å². The van der Waals surface area contributed by atoms with E-state index in [4.69, 9.17) is 4.74 Å². The number of hydrogen-bond acceptors (Lipinski definition) is 3. The largest absolute Gasteiger partial charge is 0.487 e. The molecular weight excluding hydrogens is 364 g/mol. The van der Waals surface area contributed by atoms with E-state index in [9.17, 15) is 9.59 Å². The van der Waals surface area contributed by atoms with Crippen LogP contribution in [0.4, 0.5) is 0 Å². The van der Waals surface area contributed by atoms with Gasteiger partial charge in [-0.2, -0.15) is 0 Å². The van der Waals surface area contributed by atoms with E-state index in [0.29, 0.717) is 32.0 Å². The van der Waals surface area contributed by atoms with E-state index in [2.05, 4.69) is 25.2 Å². The van der Waals surface area contributed by atoms with Crippen molar-refractivity contribution < 1.29 is 14.3 Å². The Morgan fingerprint density at radius 3 is 2.69 bits per heavy atom. The second-order valence-corrected chi connectivity index (χ2v) is 9.63. The Morgan fingerprint density at radius 2 is 1.93 bits per heavy atom. The molecule has 1 atom stereocenters. The zero-order chi connectivity index (χ0) is 20.4. The number of likely N-dealkylation sites (tertiary alicyclic amines) is 1. The Kier molecular flexibility index (Phi) is 5.84. The zero-order valence-corrected chi connectivity index (χ0v) is 17.8. The summed E-state index contributed by atoms with van der Waals surface area (Å²) in [7, 11) is 0. The Morgan fingerprint density at radius 1 is 1.17 bits per heavy atom. The fourth-order valence-corrected chi connectivity index (χ4v) is 5.11. The van der Waals surface area contributed by atoms with Crippen LogP contribution in [0.2, 0.25) is 0 Å². The van der Waals surface area contributed by atoms with Crippen molar-refractivity contribution in [2.75, 3.05) is 6.54 Å². The van der Waals surface area contributed by atoms with E-state index in [-0.39, 0.29) is 23.3 Å². The molecule has 2 amide bonds. The normalized spacial score (nSPS) is 24.6. The summed E-state index contributed by atoms with van der Waals surface area (Å²) in [6.07, 6.45) is 9.18. The highest BCUT2D eigenvalue weighted by Gasteiger charge is 2.34. The van der Waals surface area contributed by atoms with E-state index in [1.165, 1.54) is 31.2 Å². The van der Waals surface area contributed by atoms with Gasteiger partial charge in [-0.3, -0.25) is 9.59 Å². The number of hydrogen-bond donors (Lipinski definition) is 1. The van der Waals surface area contributed by atoms with Crippen LogP contribution in [0.15, 0.2) is 18.2 Å². The highest BCUT2D eigenvalue weighted by Crippen LogP contribution is 2.35. The summed E-state index contributed by atoms with van der Waals surface area (Å²) in [4.78, 5) is 27.4. The molecule has 3 aliphatic rings. The molecule has 4 rings (SSSR count). The molecule has 158 valence electrons. The molecule has 1 aliphatic carbocycles. The maximum absolute atomic E-state index is 12.8. The average molecular weight is 399 g/mol. The predicted molar refractivity (Wildman–Crippen MR) is 113 cm³/mol.